The first kappa shape index (κ1) is 13.9. The fourth-order valence-electron chi connectivity index (χ4n) is 1.19. The first-order valence-corrected chi connectivity index (χ1v) is 5.32. The highest BCUT2D eigenvalue weighted by molar-refractivity contribution is 5.80. The summed E-state index contributed by atoms with van der Waals surface area (Å²) in [5, 5.41) is 0. The van der Waals surface area contributed by atoms with Crippen molar-refractivity contribution in [2.75, 3.05) is 26.7 Å². The molecule has 0 aromatic rings. The van der Waals surface area contributed by atoms with Crippen LogP contribution in [0.1, 0.15) is 26.2 Å². The van der Waals surface area contributed by atoms with E-state index in [0.29, 0.717) is 19.5 Å². The number of ketones is 1. The van der Waals surface area contributed by atoms with E-state index in [2.05, 4.69) is 4.99 Å². The molecule has 0 amide bonds. The van der Waals surface area contributed by atoms with E-state index in [1.165, 1.54) is 0 Å². The van der Waals surface area contributed by atoms with Crippen molar-refractivity contribution >= 4 is 11.7 Å². The fraction of sp³-hybridized carbons (Fsp3) is 0.800. The number of unbranched alkanes of at least 4 members (excludes halogenated alkanes) is 1. The Kier molecular flexibility index (Phi) is 7.62. The van der Waals surface area contributed by atoms with E-state index in [9.17, 15) is 4.79 Å². The molecule has 0 rings (SSSR count). The molecule has 0 unspecified atom stereocenters. The number of rotatable bonds is 8. The molecule has 5 heteroatoms. The lowest BCUT2D eigenvalue weighted by Crippen LogP contribution is -2.26. The first-order chi connectivity index (χ1) is 7.06. The number of carbonyl (C=O) groups is 1. The predicted octanol–water partition coefficient (Wildman–Crippen LogP) is -0.0491. The molecule has 88 valence electrons. The second-order valence-electron chi connectivity index (χ2n) is 3.64. The molecule has 0 aromatic carbocycles. The van der Waals surface area contributed by atoms with Gasteiger partial charge in [-0.15, -0.1) is 0 Å². The maximum atomic E-state index is 11.1. The van der Waals surface area contributed by atoms with Crippen LogP contribution in [0.5, 0.6) is 0 Å². The van der Waals surface area contributed by atoms with E-state index in [0.717, 1.165) is 19.4 Å². The third-order valence-corrected chi connectivity index (χ3v) is 2.08. The molecule has 0 aromatic heterocycles. The molecular formula is C10H22N4O. The number of hydrogen-bond acceptors (Lipinski definition) is 3. The van der Waals surface area contributed by atoms with Gasteiger partial charge in [0, 0.05) is 13.0 Å². The topological polar surface area (TPSA) is 84.7 Å². The first-order valence-electron chi connectivity index (χ1n) is 5.32. The van der Waals surface area contributed by atoms with Crippen LogP contribution < -0.4 is 11.5 Å². The monoisotopic (exact) mass is 214 g/mol. The van der Waals surface area contributed by atoms with Crippen molar-refractivity contribution in [3.63, 3.8) is 0 Å². The lowest BCUT2D eigenvalue weighted by Gasteiger charge is -2.14. The quantitative estimate of drug-likeness (QED) is 0.337. The van der Waals surface area contributed by atoms with Gasteiger partial charge in [0.05, 0.1) is 6.54 Å². The molecule has 0 atom stereocenters. The summed E-state index contributed by atoms with van der Waals surface area (Å²) in [5.41, 5.74) is 10.4. The van der Waals surface area contributed by atoms with Crippen molar-refractivity contribution in [2.45, 2.75) is 26.2 Å². The minimum absolute atomic E-state index is 0.143. The van der Waals surface area contributed by atoms with Gasteiger partial charge in [-0.3, -0.25) is 14.7 Å². The van der Waals surface area contributed by atoms with E-state index in [1.54, 1.807) is 0 Å². The van der Waals surface area contributed by atoms with Gasteiger partial charge in [0.2, 0.25) is 0 Å². The van der Waals surface area contributed by atoms with Crippen molar-refractivity contribution in [3.8, 4) is 0 Å². The summed E-state index contributed by atoms with van der Waals surface area (Å²) in [5.74, 6) is 0.422. The fourth-order valence-corrected chi connectivity index (χ4v) is 1.19. The zero-order chi connectivity index (χ0) is 11.7. The van der Waals surface area contributed by atoms with Gasteiger partial charge >= 0.3 is 0 Å². The number of carbonyl (C=O) groups excluding carboxylic acids is 1. The van der Waals surface area contributed by atoms with Crippen molar-refractivity contribution in [1.29, 1.82) is 0 Å². The average molecular weight is 214 g/mol. The maximum absolute atomic E-state index is 11.1. The number of likely N-dealkylation sites (N-methyl/N-ethyl adjacent to an activating group) is 1. The van der Waals surface area contributed by atoms with Gasteiger partial charge in [-0.25, -0.2) is 0 Å². The Bertz CT molecular complexity index is 211. The van der Waals surface area contributed by atoms with Gasteiger partial charge in [-0.05, 0) is 26.4 Å². The molecule has 0 bridgehead atoms. The van der Waals surface area contributed by atoms with Crippen molar-refractivity contribution in [3.05, 3.63) is 0 Å². The van der Waals surface area contributed by atoms with Gasteiger partial charge in [-0.1, -0.05) is 6.92 Å². The zero-order valence-corrected chi connectivity index (χ0v) is 9.70. The Morgan fingerprint density at radius 2 is 2.00 bits per heavy atom. The molecule has 0 fully saturated rings. The molecule has 4 N–H and O–H groups in total. The normalized spacial score (nSPS) is 10.3. The molecule has 0 saturated heterocycles. The number of nitrogens with two attached hydrogens (primary N) is 2. The molecule has 0 aliphatic heterocycles. The van der Waals surface area contributed by atoms with Gasteiger partial charge in [0.25, 0.3) is 0 Å². The number of Topliss-reactive ketones (excluding diaryl/α,β-unsaturated/α-hetero) is 1. The molecule has 5 nitrogen and oxygen atoms in total. The molecule has 0 saturated carbocycles. The summed E-state index contributed by atoms with van der Waals surface area (Å²) in [6.07, 6.45) is 2.56. The van der Waals surface area contributed by atoms with Crippen LogP contribution >= 0.6 is 0 Å². The van der Waals surface area contributed by atoms with Gasteiger partial charge in [0.1, 0.15) is 5.78 Å². The summed E-state index contributed by atoms with van der Waals surface area (Å²) in [6.45, 7) is 4.00. The minimum atomic E-state index is 0.143. The Labute approximate surface area is 91.5 Å². The molecule has 0 radical (unpaired) electrons. The second-order valence-corrected chi connectivity index (χ2v) is 3.64. The lowest BCUT2D eigenvalue weighted by atomic mass is 10.2. The molecule has 0 aliphatic rings. The molecule has 15 heavy (non-hydrogen) atoms. The number of hydrogen-bond donors (Lipinski definition) is 2. The van der Waals surface area contributed by atoms with Crippen LogP contribution in [0.15, 0.2) is 4.99 Å². The average Bonchev–Trinajstić information content (AvgIpc) is 2.16. The van der Waals surface area contributed by atoms with Gasteiger partial charge in [-0.2, -0.15) is 0 Å². The highest BCUT2D eigenvalue weighted by Gasteiger charge is 2.03. The smallest absolute Gasteiger partial charge is 0.185 e. The standard InChI is InChI=1S/C10H22N4O/c1-3-9(15)8-14(2)7-5-4-6-13-10(11)12/h3-8H2,1-2H3,(H4,11,12,13). The van der Waals surface area contributed by atoms with Gasteiger partial charge in [0.15, 0.2) is 5.96 Å². The van der Waals surface area contributed by atoms with E-state index < -0.39 is 0 Å². The third-order valence-electron chi connectivity index (χ3n) is 2.08. The minimum Gasteiger partial charge on any atom is -0.370 e. The van der Waals surface area contributed by atoms with Gasteiger partial charge < -0.3 is 11.5 Å². The molecule has 0 heterocycles. The number of nitrogens with zero attached hydrogens (tertiary/aromatic N) is 2. The van der Waals surface area contributed by atoms with E-state index >= 15 is 0 Å². The van der Waals surface area contributed by atoms with Crippen LogP contribution in [0, 0.1) is 0 Å². The summed E-state index contributed by atoms with van der Waals surface area (Å²) >= 11 is 0. The SMILES string of the molecule is CCC(=O)CN(C)CCCCN=C(N)N. The summed E-state index contributed by atoms with van der Waals surface area (Å²) in [7, 11) is 1.95. The van der Waals surface area contributed by atoms with Crippen molar-refractivity contribution in [2.24, 2.45) is 16.5 Å². The second kappa shape index (κ2) is 8.23. The molecule has 0 spiro atoms. The van der Waals surface area contributed by atoms with E-state index in [1.807, 2.05) is 18.9 Å². The van der Waals surface area contributed by atoms with Crippen LogP contribution in [0.25, 0.3) is 0 Å². The lowest BCUT2D eigenvalue weighted by molar-refractivity contribution is -0.119. The number of guanidine groups is 1. The van der Waals surface area contributed by atoms with Crippen molar-refractivity contribution in [1.82, 2.24) is 4.90 Å². The van der Waals surface area contributed by atoms with Crippen molar-refractivity contribution < 1.29 is 4.79 Å². The summed E-state index contributed by atoms with van der Waals surface area (Å²) < 4.78 is 0. The largest absolute Gasteiger partial charge is 0.370 e. The Hall–Kier alpha value is -1.10. The van der Waals surface area contributed by atoms with Crippen LogP contribution in [-0.4, -0.2) is 43.3 Å². The summed E-state index contributed by atoms with van der Waals surface area (Å²) in [4.78, 5) is 17.0. The van der Waals surface area contributed by atoms with Crippen LogP contribution in [0.3, 0.4) is 0 Å². The Balaban J connectivity index is 3.43. The number of aliphatic imine (C=N–C) groups is 1. The van der Waals surface area contributed by atoms with Crippen LogP contribution in [-0.2, 0) is 4.79 Å². The predicted molar refractivity (Wildman–Crippen MR) is 62.7 cm³/mol. The zero-order valence-electron chi connectivity index (χ0n) is 9.70. The Morgan fingerprint density at radius 3 is 2.53 bits per heavy atom. The highest BCUT2D eigenvalue weighted by Crippen LogP contribution is 1.94. The van der Waals surface area contributed by atoms with Crippen LogP contribution in [0.2, 0.25) is 0 Å². The summed E-state index contributed by atoms with van der Waals surface area (Å²) in [6, 6.07) is 0. The van der Waals surface area contributed by atoms with Crippen LogP contribution in [0.4, 0.5) is 0 Å². The molecule has 0 aliphatic carbocycles. The van der Waals surface area contributed by atoms with E-state index in [4.69, 9.17) is 11.5 Å². The molecular weight excluding hydrogens is 192 g/mol. The Morgan fingerprint density at radius 1 is 1.33 bits per heavy atom. The highest BCUT2D eigenvalue weighted by atomic mass is 16.1. The third kappa shape index (κ3) is 9.21. The van der Waals surface area contributed by atoms with E-state index in [-0.39, 0.29) is 11.7 Å². The maximum Gasteiger partial charge on any atom is 0.185 e.